The maximum absolute atomic E-state index is 11.8. The van der Waals surface area contributed by atoms with E-state index < -0.39 is 11.8 Å². The lowest BCUT2D eigenvalue weighted by Crippen LogP contribution is -2.37. The summed E-state index contributed by atoms with van der Waals surface area (Å²) >= 11 is 6.06. The first-order chi connectivity index (χ1) is 9.95. The number of nitrogens with one attached hydrogen (secondary N) is 2. The fourth-order valence-corrected chi connectivity index (χ4v) is 2.10. The van der Waals surface area contributed by atoms with E-state index in [4.69, 9.17) is 21.4 Å². The largest absolute Gasteiger partial charge is 0.394 e. The van der Waals surface area contributed by atoms with E-state index in [0.717, 1.165) is 11.1 Å². The van der Waals surface area contributed by atoms with Crippen LogP contribution in [0.15, 0.2) is 12.1 Å². The van der Waals surface area contributed by atoms with Gasteiger partial charge >= 0.3 is 11.8 Å². The third-order valence-corrected chi connectivity index (χ3v) is 2.94. The van der Waals surface area contributed by atoms with Crippen molar-refractivity contribution >= 4 is 29.1 Å². The first-order valence-corrected chi connectivity index (χ1v) is 6.88. The second-order valence-corrected chi connectivity index (χ2v) is 4.89. The fraction of sp³-hybridized carbons (Fsp3) is 0.429. The maximum atomic E-state index is 11.8. The number of benzene rings is 1. The Morgan fingerprint density at radius 1 is 1.24 bits per heavy atom. The second-order valence-electron chi connectivity index (χ2n) is 4.48. The second kappa shape index (κ2) is 8.61. The van der Waals surface area contributed by atoms with Gasteiger partial charge < -0.3 is 20.5 Å². The van der Waals surface area contributed by atoms with Gasteiger partial charge in [0.15, 0.2) is 0 Å². The van der Waals surface area contributed by atoms with E-state index in [1.807, 2.05) is 13.0 Å². The number of aryl methyl sites for hydroxylation is 2. The van der Waals surface area contributed by atoms with Crippen molar-refractivity contribution in [3.63, 3.8) is 0 Å². The zero-order valence-corrected chi connectivity index (χ0v) is 12.8. The quantitative estimate of drug-likeness (QED) is 0.540. The molecule has 6 nitrogen and oxygen atoms in total. The lowest BCUT2D eigenvalue weighted by Gasteiger charge is -2.11. The molecule has 3 N–H and O–H groups in total. The van der Waals surface area contributed by atoms with Crippen LogP contribution in [-0.4, -0.2) is 43.3 Å². The molecule has 0 aliphatic rings. The number of anilines is 1. The molecule has 2 amide bonds. The number of halogens is 1. The first-order valence-electron chi connectivity index (χ1n) is 6.50. The molecule has 0 aromatic heterocycles. The Balaban J connectivity index is 2.51. The van der Waals surface area contributed by atoms with Crippen LogP contribution in [0.25, 0.3) is 0 Å². The molecule has 0 aliphatic heterocycles. The zero-order valence-electron chi connectivity index (χ0n) is 12.0. The van der Waals surface area contributed by atoms with Gasteiger partial charge in [0.1, 0.15) is 0 Å². The maximum Gasteiger partial charge on any atom is 0.313 e. The van der Waals surface area contributed by atoms with Gasteiger partial charge in [-0.2, -0.15) is 0 Å². The van der Waals surface area contributed by atoms with Crippen LogP contribution in [0.2, 0.25) is 5.02 Å². The molecule has 0 unspecified atom stereocenters. The molecule has 0 aliphatic carbocycles. The van der Waals surface area contributed by atoms with E-state index in [2.05, 4.69) is 10.6 Å². The number of carbonyl (C=O) groups excluding carboxylic acids is 2. The van der Waals surface area contributed by atoms with Crippen molar-refractivity contribution in [1.82, 2.24) is 5.32 Å². The van der Waals surface area contributed by atoms with Crippen LogP contribution in [-0.2, 0) is 14.3 Å². The van der Waals surface area contributed by atoms with Gasteiger partial charge in [0.2, 0.25) is 0 Å². The molecule has 1 aromatic rings. The average molecular weight is 315 g/mol. The molecule has 0 radical (unpaired) electrons. The Bertz CT molecular complexity index is 497. The van der Waals surface area contributed by atoms with E-state index in [1.165, 1.54) is 0 Å². The van der Waals surface area contributed by atoms with Crippen molar-refractivity contribution in [3.8, 4) is 0 Å². The molecule has 7 heteroatoms. The van der Waals surface area contributed by atoms with E-state index in [1.54, 1.807) is 13.0 Å². The number of carbonyl (C=O) groups is 2. The lowest BCUT2D eigenvalue weighted by atomic mass is 10.1. The standard InChI is InChI=1S/C14H19ClN2O4/c1-9-7-10(2)12(11(15)8-9)17-14(20)13(19)16-3-5-21-6-4-18/h7-8,18H,3-6H2,1-2H3,(H,16,19)(H,17,20). The van der Waals surface area contributed by atoms with Gasteiger partial charge in [0, 0.05) is 6.54 Å². The summed E-state index contributed by atoms with van der Waals surface area (Å²) < 4.78 is 4.97. The highest BCUT2D eigenvalue weighted by atomic mass is 35.5. The molecule has 0 spiro atoms. The number of amides is 2. The number of aliphatic hydroxyl groups is 1. The Labute approximate surface area is 128 Å². The predicted molar refractivity (Wildman–Crippen MR) is 80.5 cm³/mol. The third kappa shape index (κ3) is 5.71. The number of aliphatic hydroxyl groups excluding tert-OH is 1. The summed E-state index contributed by atoms with van der Waals surface area (Å²) in [5.41, 5.74) is 2.19. The number of hydrogen-bond acceptors (Lipinski definition) is 4. The van der Waals surface area contributed by atoms with Gasteiger partial charge in [0.25, 0.3) is 0 Å². The van der Waals surface area contributed by atoms with E-state index >= 15 is 0 Å². The Hall–Kier alpha value is -1.63. The minimum absolute atomic E-state index is 0.0837. The van der Waals surface area contributed by atoms with Gasteiger partial charge in [-0.15, -0.1) is 0 Å². The summed E-state index contributed by atoms with van der Waals surface area (Å²) in [4.78, 5) is 23.4. The van der Waals surface area contributed by atoms with Crippen LogP contribution in [0, 0.1) is 13.8 Å². The highest BCUT2D eigenvalue weighted by Crippen LogP contribution is 2.27. The molecule has 21 heavy (non-hydrogen) atoms. The molecular weight excluding hydrogens is 296 g/mol. The number of hydrogen-bond donors (Lipinski definition) is 3. The van der Waals surface area contributed by atoms with Crippen molar-refractivity contribution in [3.05, 3.63) is 28.3 Å². The summed E-state index contributed by atoms with van der Waals surface area (Å²) in [6, 6.07) is 3.58. The summed E-state index contributed by atoms with van der Waals surface area (Å²) in [6.45, 7) is 4.22. The van der Waals surface area contributed by atoms with Crippen LogP contribution >= 0.6 is 11.6 Å². The Morgan fingerprint density at radius 3 is 2.57 bits per heavy atom. The monoisotopic (exact) mass is 314 g/mol. The molecule has 0 saturated heterocycles. The summed E-state index contributed by atoms with van der Waals surface area (Å²) in [6.07, 6.45) is 0. The van der Waals surface area contributed by atoms with E-state index in [9.17, 15) is 9.59 Å². The van der Waals surface area contributed by atoms with Crippen molar-refractivity contribution in [2.45, 2.75) is 13.8 Å². The van der Waals surface area contributed by atoms with Crippen molar-refractivity contribution in [1.29, 1.82) is 0 Å². The van der Waals surface area contributed by atoms with Gasteiger partial charge in [-0.3, -0.25) is 9.59 Å². The molecule has 0 bridgehead atoms. The Morgan fingerprint density at radius 2 is 1.95 bits per heavy atom. The molecule has 0 heterocycles. The normalized spacial score (nSPS) is 10.3. The molecule has 0 saturated carbocycles. The van der Waals surface area contributed by atoms with Crippen LogP contribution < -0.4 is 10.6 Å². The predicted octanol–water partition coefficient (Wildman–Crippen LogP) is 1.02. The lowest BCUT2D eigenvalue weighted by molar-refractivity contribution is -0.136. The summed E-state index contributed by atoms with van der Waals surface area (Å²) in [5, 5.41) is 13.8. The van der Waals surface area contributed by atoms with Crippen LogP contribution in [0.3, 0.4) is 0 Å². The molecule has 0 fully saturated rings. The molecular formula is C14H19ClN2O4. The summed E-state index contributed by atoms with van der Waals surface area (Å²) in [5.74, 6) is -1.55. The molecule has 1 rings (SSSR count). The number of ether oxygens (including phenoxy) is 1. The zero-order chi connectivity index (χ0) is 15.8. The third-order valence-electron chi connectivity index (χ3n) is 2.64. The highest BCUT2D eigenvalue weighted by molar-refractivity contribution is 6.41. The summed E-state index contributed by atoms with van der Waals surface area (Å²) in [7, 11) is 0. The minimum Gasteiger partial charge on any atom is -0.394 e. The van der Waals surface area contributed by atoms with E-state index in [-0.39, 0.29) is 26.4 Å². The molecule has 116 valence electrons. The fourth-order valence-electron chi connectivity index (χ4n) is 1.73. The van der Waals surface area contributed by atoms with Crippen LogP contribution in [0.1, 0.15) is 11.1 Å². The Kier molecular flexibility index (Phi) is 7.14. The van der Waals surface area contributed by atoms with Gasteiger partial charge in [0.05, 0.1) is 30.5 Å². The van der Waals surface area contributed by atoms with Crippen molar-refractivity contribution in [2.75, 3.05) is 31.7 Å². The van der Waals surface area contributed by atoms with Gasteiger partial charge in [-0.05, 0) is 31.0 Å². The van der Waals surface area contributed by atoms with Crippen LogP contribution in [0.4, 0.5) is 5.69 Å². The minimum atomic E-state index is -0.786. The van der Waals surface area contributed by atoms with Crippen molar-refractivity contribution < 1.29 is 19.4 Å². The van der Waals surface area contributed by atoms with Gasteiger partial charge in [-0.25, -0.2) is 0 Å². The smallest absolute Gasteiger partial charge is 0.313 e. The van der Waals surface area contributed by atoms with Crippen molar-refractivity contribution in [2.24, 2.45) is 0 Å². The topological polar surface area (TPSA) is 87.7 Å². The highest BCUT2D eigenvalue weighted by Gasteiger charge is 2.16. The van der Waals surface area contributed by atoms with E-state index in [0.29, 0.717) is 10.7 Å². The number of rotatable bonds is 6. The molecule has 0 atom stereocenters. The first kappa shape index (κ1) is 17.4. The SMILES string of the molecule is Cc1cc(C)c(NC(=O)C(=O)NCCOCCO)c(Cl)c1. The van der Waals surface area contributed by atoms with Crippen LogP contribution in [0.5, 0.6) is 0 Å². The van der Waals surface area contributed by atoms with Gasteiger partial charge in [-0.1, -0.05) is 17.7 Å². The molecule has 1 aromatic carbocycles. The average Bonchev–Trinajstić information content (AvgIpc) is 2.42.